The molecule has 0 aliphatic heterocycles. The van der Waals surface area contributed by atoms with Crippen LogP contribution in [-0.4, -0.2) is 5.78 Å². The van der Waals surface area contributed by atoms with E-state index in [1.54, 1.807) is 0 Å². The number of rotatable bonds is 4. The molecule has 0 unspecified atom stereocenters. The quantitative estimate of drug-likeness (QED) is 0.460. The van der Waals surface area contributed by atoms with Crippen LogP contribution >= 0.6 is 0 Å². The standard InChI is InChI=1S/C22H20IO/c1-15-13-16(2)21(17(3)14-15)23-20-11-9-19(10-12-20)22(24)18-7-5-4-6-8-18/h4-14H,1-3H3/q+1. The molecule has 0 radical (unpaired) electrons. The van der Waals surface area contributed by atoms with Crippen LogP contribution in [0.1, 0.15) is 32.6 Å². The lowest BCUT2D eigenvalue weighted by Crippen LogP contribution is -3.62. The third-order valence-electron chi connectivity index (χ3n) is 3.93. The fourth-order valence-corrected chi connectivity index (χ4v) is 5.35. The van der Waals surface area contributed by atoms with Crippen LogP contribution in [0.2, 0.25) is 0 Å². The molecule has 24 heavy (non-hydrogen) atoms. The summed E-state index contributed by atoms with van der Waals surface area (Å²) in [5.41, 5.74) is 5.58. The summed E-state index contributed by atoms with van der Waals surface area (Å²) in [7, 11) is 0. The molecule has 0 amide bonds. The van der Waals surface area contributed by atoms with Gasteiger partial charge in [0.1, 0.15) is 0 Å². The summed E-state index contributed by atoms with van der Waals surface area (Å²) in [6.07, 6.45) is 0. The van der Waals surface area contributed by atoms with Crippen molar-refractivity contribution in [2.45, 2.75) is 20.8 Å². The highest BCUT2D eigenvalue weighted by Crippen LogP contribution is 2.10. The van der Waals surface area contributed by atoms with Gasteiger partial charge in [-0.05, 0) is 45.0 Å². The SMILES string of the molecule is Cc1cc(C)c([I+]c2ccc(C(=O)c3ccccc3)cc2)c(C)c1. The molecule has 0 aromatic heterocycles. The Bertz CT molecular complexity index is 841. The summed E-state index contributed by atoms with van der Waals surface area (Å²) in [5.74, 6) is 0.0862. The van der Waals surface area contributed by atoms with Crippen molar-refractivity contribution in [3.8, 4) is 0 Å². The van der Waals surface area contributed by atoms with Crippen LogP contribution in [0.25, 0.3) is 0 Å². The first-order chi connectivity index (χ1) is 11.5. The molecule has 3 aromatic rings. The van der Waals surface area contributed by atoms with Crippen molar-refractivity contribution in [3.63, 3.8) is 0 Å². The molecular formula is C22H20IO+. The molecule has 0 bridgehead atoms. The Morgan fingerprint density at radius 1 is 0.750 bits per heavy atom. The average Bonchev–Trinajstić information content (AvgIpc) is 2.59. The Balaban J connectivity index is 1.82. The van der Waals surface area contributed by atoms with Crippen LogP contribution in [0.4, 0.5) is 0 Å². The summed E-state index contributed by atoms with van der Waals surface area (Å²) in [6, 6.07) is 22.1. The Morgan fingerprint density at radius 3 is 1.88 bits per heavy atom. The molecule has 1 nitrogen and oxygen atoms in total. The Labute approximate surface area is 154 Å². The monoisotopic (exact) mass is 427 g/mol. The van der Waals surface area contributed by atoms with E-state index in [4.69, 9.17) is 0 Å². The number of benzene rings is 3. The van der Waals surface area contributed by atoms with Crippen molar-refractivity contribution in [1.82, 2.24) is 0 Å². The van der Waals surface area contributed by atoms with Crippen molar-refractivity contribution in [2.24, 2.45) is 0 Å². The predicted molar refractivity (Wildman–Crippen MR) is 94.4 cm³/mol. The number of ketones is 1. The van der Waals surface area contributed by atoms with Crippen LogP contribution in [0.15, 0.2) is 66.7 Å². The summed E-state index contributed by atoms with van der Waals surface area (Å²) < 4.78 is 2.83. The lowest BCUT2D eigenvalue weighted by Gasteiger charge is -2.02. The van der Waals surface area contributed by atoms with E-state index >= 15 is 0 Å². The summed E-state index contributed by atoms with van der Waals surface area (Å²) in [6.45, 7) is 6.54. The van der Waals surface area contributed by atoms with Gasteiger partial charge in [0.2, 0.25) is 0 Å². The average molecular weight is 427 g/mol. The van der Waals surface area contributed by atoms with Crippen molar-refractivity contribution in [3.05, 3.63) is 102 Å². The van der Waals surface area contributed by atoms with Crippen molar-refractivity contribution >= 4 is 5.78 Å². The molecular weight excluding hydrogens is 407 g/mol. The molecule has 0 atom stereocenters. The van der Waals surface area contributed by atoms with Crippen molar-refractivity contribution in [1.29, 1.82) is 0 Å². The first-order valence-corrected chi connectivity index (χ1v) is 10.1. The fourth-order valence-electron chi connectivity index (χ4n) is 2.84. The highest BCUT2D eigenvalue weighted by molar-refractivity contribution is 6.08. The molecule has 0 aliphatic carbocycles. The molecule has 0 spiro atoms. The van der Waals surface area contributed by atoms with E-state index in [-0.39, 0.29) is 27.0 Å². The van der Waals surface area contributed by atoms with E-state index in [1.807, 2.05) is 42.5 Å². The van der Waals surface area contributed by atoms with Crippen LogP contribution in [-0.2, 0) is 0 Å². The minimum absolute atomic E-state index is 0.0862. The van der Waals surface area contributed by atoms with E-state index in [2.05, 4.69) is 45.0 Å². The lowest BCUT2D eigenvalue weighted by atomic mass is 10.0. The van der Waals surface area contributed by atoms with Gasteiger partial charge in [0, 0.05) is 22.3 Å². The fraction of sp³-hybridized carbons (Fsp3) is 0.136. The third kappa shape index (κ3) is 3.75. The Morgan fingerprint density at radius 2 is 1.29 bits per heavy atom. The highest BCUT2D eigenvalue weighted by Gasteiger charge is 2.21. The minimum atomic E-state index is -0.227. The second-order valence-corrected chi connectivity index (χ2v) is 8.87. The van der Waals surface area contributed by atoms with Crippen molar-refractivity contribution < 1.29 is 26.0 Å². The molecule has 120 valence electrons. The van der Waals surface area contributed by atoms with Gasteiger partial charge in [-0.15, -0.1) is 0 Å². The topological polar surface area (TPSA) is 17.1 Å². The second kappa shape index (κ2) is 7.31. The summed E-state index contributed by atoms with van der Waals surface area (Å²) >= 11 is -0.227. The maximum Gasteiger partial charge on any atom is 0.358 e. The molecule has 0 aliphatic rings. The second-order valence-electron chi connectivity index (χ2n) is 6.01. The Kier molecular flexibility index (Phi) is 5.14. The predicted octanol–water partition coefficient (Wildman–Crippen LogP) is 1.97. The van der Waals surface area contributed by atoms with Crippen LogP contribution in [0.5, 0.6) is 0 Å². The number of carbonyl (C=O) groups excluding carboxylic acids is 1. The van der Waals surface area contributed by atoms with Gasteiger partial charge in [-0.3, -0.25) is 4.79 Å². The Hall–Kier alpha value is -1.94. The molecule has 3 aromatic carbocycles. The van der Waals surface area contributed by atoms with Crippen molar-refractivity contribution in [2.75, 3.05) is 0 Å². The van der Waals surface area contributed by atoms with Gasteiger partial charge < -0.3 is 0 Å². The van der Waals surface area contributed by atoms with Gasteiger partial charge in [0.05, 0.1) is 0 Å². The molecule has 0 heterocycles. The van der Waals surface area contributed by atoms with Gasteiger partial charge in [-0.2, -0.15) is 0 Å². The van der Waals surface area contributed by atoms with E-state index in [9.17, 15) is 4.79 Å². The first-order valence-electron chi connectivity index (χ1n) is 7.97. The van der Waals surface area contributed by atoms with Gasteiger partial charge in [0.25, 0.3) is 0 Å². The maximum absolute atomic E-state index is 12.5. The van der Waals surface area contributed by atoms with E-state index in [0.29, 0.717) is 0 Å². The molecule has 2 heteroatoms. The first kappa shape index (κ1) is 16.9. The molecule has 0 saturated carbocycles. The van der Waals surface area contributed by atoms with E-state index < -0.39 is 0 Å². The largest absolute Gasteiger partial charge is 0.358 e. The molecule has 0 fully saturated rings. The zero-order chi connectivity index (χ0) is 17.1. The third-order valence-corrected chi connectivity index (χ3v) is 7.51. The van der Waals surface area contributed by atoms with Crippen LogP contribution in [0.3, 0.4) is 0 Å². The zero-order valence-electron chi connectivity index (χ0n) is 14.1. The maximum atomic E-state index is 12.5. The van der Waals surface area contributed by atoms with Gasteiger partial charge in [-0.1, -0.05) is 48.0 Å². The van der Waals surface area contributed by atoms with Gasteiger partial charge in [-0.25, -0.2) is 0 Å². The minimum Gasteiger partial charge on any atom is -0.289 e. The van der Waals surface area contributed by atoms with Gasteiger partial charge >= 0.3 is 21.2 Å². The summed E-state index contributed by atoms with van der Waals surface area (Å²) in [5, 5.41) is 0. The summed E-state index contributed by atoms with van der Waals surface area (Å²) in [4.78, 5) is 12.5. The van der Waals surface area contributed by atoms with Crippen LogP contribution in [0, 0.1) is 27.9 Å². The zero-order valence-corrected chi connectivity index (χ0v) is 16.3. The normalized spacial score (nSPS) is 10.6. The van der Waals surface area contributed by atoms with E-state index in [0.717, 1.165) is 11.1 Å². The number of hydrogen-bond donors (Lipinski definition) is 0. The van der Waals surface area contributed by atoms with E-state index in [1.165, 1.54) is 23.8 Å². The van der Waals surface area contributed by atoms with Gasteiger partial charge in [0.15, 0.2) is 12.9 Å². The lowest BCUT2D eigenvalue weighted by molar-refractivity contribution is -0.598. The number of aryl methyl sites for hydroxylation is 3. The number of carbonyl (C=O) groups is 1. The highest BCUT2D eigenvalue weighted by atomic mass is 127. The molecule has 0 N–H and O–H groups in total. The molecule has 0 saturated heterocycles. The van der Waals surface area contributed by atoms with Crippen LogP contribution < -0.4 is 21.2 Å². The smallest absolute Gasteiger partial charge is 0.289 e. The number of halogens is 1. The number of hydrogen-bond acceptors (Lipinski definition) is 1. The molecule has 3 rings (SSSR count).